The number of carbonyl (C=O) groups is 4. The van der Waals surface area contributed by atoms with Crippen molar-refractivity contribution >= 4 is 23.8 Å². The van der Waals surface area contributed by atoms with Gasteiger partial charge in [-0.2, -0.15) is 0 Å². The summed E-state index contributed by atoms with van der Waals surface area (Å²) in [5.74, 6) is -1.22. The van der Waals surface area contributed by atoms with E-state index in [0.29, 0.717) is 25.9 Å². The van der Waals surface area contributed by atoms with Crippen LogP contribution in [0, 0.1) is 5.92 Å². The number of carbonyl (C=O) groups excluding carboxylic acids is 4. The summed E-state index contributed by atoms with van der Waals surface area (Å²) < 4.78 is 0. The van der Waals surface area contributed by atoms with E-state index in [1.807, 2.05) is 0 Å². The van der Waals surface area contributed by atoms with Crippen LogP contribution < -0.4 is 11.1 Å². The molecule has 2 saturated heterocycles. The predicted octanol–water partition coefficient (Wildman–Crippen LogP) is -1.74. The van der Waals surface area contributed by atoms with Crippen molar-refractivity contribution in [2.45, 2.75) is 12.8 Å². The first-order chi connectivity index (χ1) is 8.99. The Balaban J connectivity index is 1.86. The Morgan fingerprint density at radius 1 is 1.26 bits per heavy atom. The van der Waals surface area contributed by atoms with Crippen molar-refractivity contribution in [1.82, 2.24) is 15.1 Å². The number of nitrogens with one attached hydrogen (secondary N) is 1. The first-order valence-electron chi connectivity index (χ1n) is 6.14. The van der Waals surface area contributed by atoms with Gasteiger partial charge in [0.2, 0.25) is 11.8 Å². The van der Waals surface area contributed by atoms with Crippen LogP contribution in [0.25, 0.3) is 0 Å². The quantitative estimate of drug-likeness (QED) is 0.592. The Kier molecular flexibility index (Phi) is 3.68. The van der Waals surface area contributed by atoms with E-state index in [1.54, 1.807) is 4.90 Å². The molecule has 0 aromatic rings. The molecule has 2 rings (SSSR count). The van der Waals surface area contributed by atoms with Gasteiger partial charge in [-0.05, 0) is 12.8 Å². The summed E-state index contributed by atoms with van der Waals surface area (Å²) in [6, 6.07) is -0.537. The highest BCUT2D eigenvalue weighted by molar-refractivity contribution is 6.04. The Hall–Kier alpha value is -2.12. The number of hydrogen-bond donors (Lipinski definition) is 2. The van der Waals surface area contributed by atoms with E-state index in [-0.39, 0.29) is 30.8 Å². The fourth-order valence-corrected chi connectivity index (χ4v) is 2.26. The normalized spacial score (nSPS) is 20.6. The van der Waals surface area contributed by atoms with E-state index >= 15 is 0 Å². The minimum absolute atomic E-state index is 0.0597. The molecule has 0 spiro atoms. The Bertz CT molecular complexity index is 412. The van der Waals surface area contributed by atoms with Crippen molar-refractivity contribution in [3.05, 3.63) is 0 Å². The van der Waals surface area contributed by atoms with Crippen LogP contribution >= 0.6 is 0 Å². The maximum absolute atomic E-state index is 12.0. The molecule has 2 aliphatic rings. The molecule has 5 amide bonds. The van der Waals surface area contributed by atoms with E-state index in [1.165, 1.54) is 0 Å². The molecule has 8 nitrogen and oxygen atoms in total. The molecule has 2 aliphatic heterocycles. The number of piperidine rings is 1. The summed E-state index contributed by atoms with van der Waals surface area (Å²) in [6.45, 7) is 0.550. The number of amides is 5. The Morgan fingerprint density at radius 2 is 1.89 bits per heavy atom. The zero-order chi connectivity index (χ0) is 14.0. The van der Waals surface area contributed by atoms with Gasteiger partial charge in [-0.15, -0.1) is 0 Å². The molecule has 0 radical (unpaired) electrons. The number of rotatable bonds is 3. The molecule has 2 heterocycles. The molecule has 0 aromatic carbocycles. The minimum Gasteiger partial charge on any atom is -0.369 e. The van der Waals surface area contributed by atoms with Gasteiger partial charge < -0.3 is 16.0 Å². The van der Waals surface area contributed by atoms with Crippen molar-refractivity contribution < 1.29 is 19.2 Å². The molecule has 104 valence electrons. The minimum atomic E-state index is -0.537. The largest absolute Gasteiger partial charge is 0.369 e. The first kappa shape index (κ1) is 13.3. The van der Waals surface area contributed by atoms with E-state index in [4.69, 9.17) is 5.73 Å². The summed E-state index contributed by atoms with van der Waals surface area (Å²) in [5.41, 5.74) is 5.21. The lowest BCUT2D eigenvalue weighted by Gasteiger charge is -2.31. The molecule has 0 atom stereocenters. The van der Waals surface area contributed by atoms with Crippen molar-refractivity contribution in [2.75, 3.05) is 26.2 Å². The third-order valence-corrected chi connectivity index (χ3v) is 3.48. The average molecular weight is 268 g/mol. The summed E-state index contributed by atoms with van der Waals surface area (Å²) in [6.07, 6.45) is 1.06. The highest BCUT2D eigenvalue weighted by atomic mass is 16.2. The van der Waals surface area contributed by atoms with E-state index in [2.05, 4.69) is 5.32 Å². The van der Waals surface area contributed by atoms with Gasteiger partial charge in [0, 0.05) is 19.0 Å². The van der Waals surface area contributed by atoms with Gasteiger partial charge in [-0.25, -0.2) is 4.79 Å². The van der Waals surface area contributed by atoms with Crippen LogP contribution in [0.2, 0.25) is 0 Å². The standard InChI is InChI=1S/C11H16N4O4/c12-10(18)7-1-3-14(4-2-7)9(17)6-15-8(16)5-13-11(15)19/h7H,1-6H2,(H2,12,18)(H,13,19). The van der Waals surface area contributed by atoms with Gasteiger partial charge in [0.1, 0.15) is 6.54 Å². The molecule has 2 fully saturated rings. The third kappa shape index (κ3) is 2.83. The van der Waals surface area contributed by atoms with Crippen molar-refractivity contribution in [2.24, 2.45) is 11.7 Å². The molecule has 0 aromatic heterocycles. The average Bonchev–Trinajstić information content (AvgIpc) is 2.70. The maximum Gasteiger partial charge on any atom is 0.325 e. The zero-order valence-corrected chi connectivity index (χ0v) is 10.4. The summed E-state index contributed by atoms with van der Waals surface area (Å²) in [7, 11) is 0. The summed E-state index contributed by atoms with van der Waals surface area (Å²) in [5, 5.41) is 2.36. The Morgan fingerprint density at radius 3 is 2.37 bits per heavy atom. The van der Waals surface area contributed by atoms with Crippen molar-refractivity contribution in [1.29, 1.82) is 0 Å². The first-order valence-corrected chi connectivity index (χ1v) is 6.14. The number of nitrogens with zero attached hydrogens (tertiary/aromatic N) is 2. The van der Waals surface area contributed by atoms with Gasteiger partial charge >= 0.3 is 6.03 Å². The maximum atomic E-state index is 12.0. The molecule has 0 unspecified atom stereocenters. The highest BCUT2D eigenvalue weighted by Crippen LogP contribution is 2.17. The van der Waals surface area contributed by atoms with Crippen LogP contribution in [0.4, 0.5) is 4.79 Å². The monoisotopic (exact) mass is 268 g/mol. The number of primary amides is 1. The fraction of sp³-hybridized carbons (Fsp3) is 0.636. The van der Waals surface area contributed by atoms with Gasteiger partial charge in [-0.3, -0.25) is 19.3 Å². The van der Waals surface area contributed by atoms with Crippen molar-refractivity contribution in [3.8, 4) is 0 Å². The van der Waals surface area contributed by atoms with Crippen LogP contribution in [0.1, 0.15) is 12.8 Å². The van der Waals surface area contributed by atoms with E-state index < -0.39 is 11.9 Å². The Labute approximate surface area is 109 Å². The molecule has 0 saturated carbocycles. The lowest BCUT2D eigenvalue weighted by Crippen LogP contribution is -2.47. The number of nitrogens with two attached hydrogens (primary N) is 1. The summed E-state index contributed by atoms with van der Waals surface area (Å²) >= 11 is 0. The fourth-order valence-electron chi connectivity index (χ4n) is 2.26. The number of hydrogen-bond acceptors (Lipinski definition) is 4. The number of likely N-dealkylation sites (tertiary alicyclic amines) is 1. The van der Waals surface area contributed by atoms with Gasteiger partial charge in [0.05, 0.1) is 6.54 Å². The molecular formula is C11H16N4O4. The molecule has 0 bridgehead atoms. The number of imide groups is 1. The molecular weight excluding hydrogens is 252 g/mol. The zero-order valence-electron chi connectivity index (χ0n) is 10.4. The van der Waals surface area contributed by atoms with Gasteiger partial charge in [-0.1, -0.05) is 0 Å². The lowest BCUT2D eigenvalue weighted by molar-refractivity contribution is -0.138. The molecule has 0 aliphatic carbocycles. The predicted molar refractivity (Wildman–Crippen MR) is 63.6 cm³/mol. The van der Waals surface area contributed by atoms with Crippen LogP contribution in [0.15, 0.2) is 0 Å². The topological polar surface area (TPSA) is 113 Å². The van der Waals surface area contributed by atoms with Crippen LogP contribution in [0.3, 0.4) is 0 Å². The van der Waals surface area contributed by atoms with Crippen LogP contribution in [0.5, 0.6) is 0 Å². The lowest BCUT2D eigenvalue weighted by atomic mass is 9.96. The van der Waals surface area contributed by atoms with Crippen LogP contribution in [-0.4, -0.2) is 59.7 Å². The highest BCUT2D eigenvalue weighted by Gasteiger charge is 2.33. The van der Waals surface area contributed by atoms with Crippen LogP contribution in [-0.2, 0) is 14.4 Å². The molecule has 8 heteroatoms. The molecule has 3 N–H and O–H groups in total. The van der Waals surface area contributed by atoms with E-state index in [9.17, 15) is 19.2 Å². The van der Waals surface area contributed by atoms with Crippen molar-refractivity contribution in [3.63, 3.8) is 0 Å². The third-order valence-electron chi connectivity index (χ3n) is 3.48. The smallest absolute Gasteiger partial charge is 0.325 e. The second kappa shape index (κ2) is 5.25. The molecule has 19 heavy (non-hydrogen) atoms. The van der Waals surface area contributed by atoms with Gasteiger partial charge in [0.15, 0.2) is 0 Å². The second-order valence-electron chi connectivity index (χ2n) is 4.70. The number of urea groups is 1. The van der Waals surface area contributed by atoms with E-state index in [0.717, 1.165) is 4.90 Å². The SMILES string of the molecule is NC(=O)C1CCN(C(=O)CN2C(=O)CNC2=O)CC1. The van der Waals surface area contributed by atoms with Gasteiger partial charge in [0.25, 0.3) is 5.91 Å². The summed E-state index contributed by atoms with van der Waals surface area (Å²) in [4.78, 5) is 48.1. The second-order valence-corrected chi connectivity index (χ2v) is 4.70.